The molecular formula is C17H20N2S. The summed E-state index contributed by atoms with van der Waals surface area (Å²) in [5.41, 5.74) is 4.37. The van der Waals surface area contributed by atoms with Crippen LogP contribution in [0.3, 0.4) is 0 Å². The predicted molar refractivity (Wildman–Crippen MR) is 83.5 cm³/mol. The lowest BCUT2D eigenvalue weighted by Crippen LogP contribution is -2.21. The number of rotatable bonds is 2. The van der Waals surface area contributed by atoms with Gasteiger partial charge in [0.15, 0.2) is 0 Å². The van der Waals surface area contributed by atoms with E-state index >= 15 is 0 Å². The van der Waals surface area contributed by atoms with Gasteiger partial charge in [-0.15, -0.1) is 11.3 Å². The molecule has 0 aliphatic heterocycles. The fourth-order valence-electron chi connectivity index (χ4n) is 3.68. The van der Waals surface area contributed by atoms with Gasteiger partial charge in [-0.05, 0) is 50.3 Å². The molecule has 20 heavy (non-hydrogen) atoms. The summed E-state index contributed by atoms with van der Waals surface area (Å²) in [6, 6.07) is 9.37. The van der Waals surface area contributed by atoms with Crippen molar-refractivity contribution in [2.45, 2.75) is 44.1 Å². The Labute approximate surface area is 124 Å². The zero-order valence-electron chi connectivity index (χ0n) is 11.9. The van der Waals surface area contributed by atoms with Crippen molar-refractivity contribution in [1.82, 2.24) is 10.3 Å². The number of fused-ring (bicyclic) bond motifs is 2. The normalized spacial score (nSPS) is 24.4. The maximum absolute atomic E-state index is 5.04. The molecule has 3 heteroatoms. The Kier molecular flexibility index (Phi) is 3.12. The Bertz CT molecular complexity index is 632. The lowest BCUT2D eigenvalue weighted by Gasteiger charge is -2.19. The van der Waals surface area contributed by atoms with Gasteiger partial charge in [-0.2, -0.15) is 0 Å². The highest BCUT2D eigenvalue weighted by Gasteiger charge is 2.30. The number of thiazole rings is 1. The summed E-state index contributed by atoms with van der Waals surface area (Å²) in [5.74, 6) is 0.541. The molecule has 2 unspecified atom stereocenters. The average Bonchev–Trinajstić information content (AvgIpc) is 3.10. The summed E-state index contributed by atoms with van der Waals surface area (Å²) >= 11 is 1.96. The first-order valence-electron chi connectivity index (χ1n) is 7.61. The maximum atomic E-state index is 5.04. The summed E-state index contributed by atoms with van der Waals surface area (Å²) in [5, 5.41) is 4.78. The van der Waals surface area contributed by atoms with Gasteiger partial charge in [-0.1, -0.05) is 24.3 Å². The molecule has 0 bridgehead atoms. The molecule has 1 heterocycles. The van der Waals surface area contributed by atoms with E-state index in [2.05, 4.69) is 36.6 Å². The van der Waals surface area contributed by atoms with Crippen molar-refractivity contribution in [3.8, 4) is 0 Å². The minimum Gasteiger partial charge on any atom is -0.312 e. The van der Waals surface area contributed by atoms with Crippen LogP contribution < -0.4 is 5.32 Å². The Morgan fingerprint density at radius 2 is 2.10 bits per heavy atom. The van der Waals surface area contributed by atoms with Gasteiger partial charge >= 0.3 is 0 Å². The first-order valence-corrected chi connectivity index (χ1v) is 8.43. The Morgan fingerprint density at radius 1 is 1.20 bits per heavy atom. The van der Waals surface area contributed by atoms with Crippen LogP contribution in [0.5, 0.6) is 0 Å². The molecule has 0 fully saturated rings. The van der Waals surface area contributed by atoms with Gasteiger partial charge in [0.2, 0.25) is 0 Å². The van der Waals surface area contributed by atoms with Gasteiger partial charge in [0.05, 0.1) is 11.7 Å². The standard InChI is InChI=1S/C17H20N2S/c1-18-14-7-4-8-15-16(14)19-17(20-15)13-10-9-11-5-2-3-6-12(11)13/h2-3,5-6,13-14,18H,4,7-10H2,1H3. The van der Waals surface area contributed by atoms with E-state index in [4.69, 9.17) is 4.98 Å². The largest absolute Gasteiger partial charge is 0.312 e. The van der Waals surface area contributed by atoms with E-state index in [0.29, 0.717) is 12.0 Å². The molecule has 2 aliphatic rings. The lowest BCUT2D eigenvalue weighted by atomic mass is 9.97. The summed E-state index contributed by atoms with van der Waals surface area (Å²) in [7, 11) is 2.06. The van der Waals surface area contributed by atoms with Crippen LogP contribution in [0.4, 0.5) is 0 Å². The third-order valence-electron chi connectivity index (χ3n) is 4.75. The van der Waals surface area contributed by atoms with E-state index < -0.39 is 0 Å². The number of nitrogens with zero attached hydrogens (tertiary/aromatic N) is 1. The van der Waals surface area contributed by atoms with Crippen LogP contribution in [0.15, 0.2) is 24.3 Å². The van der Waals surface area contributed by atoms with Crippen LogP contribution in [0, 0.1) is 0 Å². The molecule has 0 saturated heterocycles. The van der Waals surface area contributed by atoms with Crippen LogP contribution in [-0.2, 0) is 12.8 Å². The molecule has 0 radical (unpaired) electrons. The van der Waals surface area contributed by atoms with Crippen molar-refractivity contribution in [1.29, 1.82) is 0 Å². The van der Waals surface area contributed by atoms with E-state index in [1.54, 1.807) is 0 Å². The van der Waals surface area contributed by atoms with Crippen LogP contribution in [0.25, 0.3) is 0 Å². The second-order valence-corrected chi connectivity index (χ2v) is 7.00. The van der Waals surface area contributed by atoms with Gasteiger partial charge in [-0.3, -0.25) is 0 Å². The summed E-state index contributed by atoms with van der Waals surface area (Å²) in [4.78, 5) is 6.56. The van der Waals surface area contributed by atoms with Crippen LogP contribution in [-0.4, -0.2) is 12.0 Å². The Hall–Kier alpha value is -1.19. The Balaban J connectivity index is 1.73. The zero-order valence-corrected chi connectivity index (χ0v) is 12.7. The molecule has 0 amide bonds. The molecule has 2 aromatic rings. The van der Waals surface area contributed by atoms with Gasteiger partial charge in [0.25, 0.3) is 0 Å². The molecular weight excluding hydrogens is 264 g/mol. The molecule has 0 spiro atoms. The van der Waals surface area contributed by atoms with Gasteiger partial charge in [0.1, 0.15) is 5.01 Å². The smallest absolute Gasteiger partial charge is 0.101 e. The highest BCUT2D eigenvalue weighted by Crippen LogP contribution is 2.42. The molecule has 2 aliphatic carbocycles. The fraction of sp³-hybridized carbons (Fsp3) is 0.471. The third kappa shape index (κ3) is 1.92. The molecule has 0 saturated carbocycles. The van der Waals surface area contributed by atoms with E-state index in [1.165, 1.54) is 58.8 Å². The first-order chi connectivity index (χ1) is 9.86. The maximum Gasteiger partial charge on any atom is 0.101 e. The van der Waals surface area contributed by atoms with Crippen LogP contribution in [0.1, 0.15) is 57.9 Å². The zero-order chi connectivity index (χ0) is 13.5. The summed E-state index contributed by atoms with van der Waals surface area (Å²) in [6.07, 6.45) is 6.19. The minimum absolute atomic E-state index is 0.473. The number of aromatic nitrogens is 1. The number of nitrogens with one attached hydrogen (secondary N) is 1. The van der Waals surface area contributed by atoms with Crippen LogP contribution in [0.2, 0.25) is 0 Å². The summed E-state index contributed by atoms with van der Waals surface area (Å²) < 4.78 is 0. The molecule has 2 nitrogen and oxygen atoms in total. The molecule has 104 valence electrons. The van der Waals surface area contributed by atoms with Crippen molar-refractivity contribution in [2.75, 3.05) is 7.05 Å². The number of aryl methyl sites for hydroxylation is 2. The van der Waals surface area contributed by atoms with Crippen molar-refractivity contribution < 1.29 is 0 Å². The first kappa shape index (κ1) is 12.5. The van der Waals surface area contributed by atoms with E-state index in [9.17, 15) is 0 Å². The molecule has 1 aromatic heterocycles. The lowest BCUT2D eigenvalue weighted by molar-refractivity contribution is 0.488. The third-order valence-corrected chi connectivity index (χ3v) is 5.99. The number of benzene rings is 1. The molecule has 1 aromatic carbocycles. The van der Waals surface area contributed by atoms with Crippen molar-refractivity contribution in [2.24, 2.45) is 0 Å². The molecule has 4 rings (SSSR count). The number of hydrogen-bond donors (Lipinski definition) is 1. The Morgan fingerprint density at radius 3 is 3.00 bits per heavy atom. The van der Waals surface area contributed by atoms with Crippen molar-refractivity contribution in [3.05, 3.63) is 51.0 Å². The van der Waals surface area contributed by atoms with Gasteiger partial charge in [-0.25, -0.2) is 4.98 Å². The SMILES string of the molecule is CNC1CCCc2sc(C3CCc4ccccc43)nc21. The molecule has 2 atom stereocenters. The van der Waals surface area contributed by atoms with E-state index in [-0.39, 0.29) is 0 Å². The minimum atomic E-state index is 0.473. The predicted octanol–water partition coefficient (Wildman–Crippen LogP) is 3.82. The van der Waals surface area contributed by atoms with Gasteiger partial charge in [0, 0.05) is 10.8 Å². The topological polar surface area (TPSA) is 24.9 Å². The van der Waals surface area contributed by atoms with Crippen LogP contribution >= 0.6 is 11.3 Å². The second kappa shape index (κ2) is 4.97. The number of hydrogen-bond acceptors (Lipinski definition) is 3. The highest BCUT2D eigenvalue weighted by molar-refractivity contribution is 7.11. The molecule has 1 N–H and O–H groups in total. The quantitative estimate of drug-likeness (QED) is 0.907. The monoisotopic (exact) mass is 284 g/mol. The van der Waals surface area contributed by atoms with E-state index in [1.807, 2.05) is 11.3 Å². The average molecular weight is 284 g/mol. The highest BCUT2D eigenvalue weighted by atomic mass is 32.1. The fourth-order valence-corrected chi connectivity index (χ4v) is 5.00. The summed E-state index contributed by atoms with van der Waals surface area (Å²) in [6.45, 7) is 0. The second-order valence-electron chi connectivity index (χ2n) is 5.88. The van der Waals surface area contributed by atoms with Gasteiger partial charge < -0.3 is 5.32 Å². The van der Waals surface area contributed by atoms with Crippen molar-refractivity contribution in [3.63, 3.8) is 0 Å². The van der Waals surface area contributed by atoms with Crippen molar-refractivity contribution >= 4 is 11.3 Å². The van der Waals surface area contributed by atoms with E-state index in [0.717, 1.165) is 0 Å².